The molecule has 20 heavy (non-hydrogen) atoms. The number of guanidine groups is 1. The van der Waals surface area contributed by atoms with E-state index in [1.54, 1.807) is 0 Å². The Labute approximate surface area is 118 Å². The van der Waals surface area contributed by atoms with Crippen LogP contribution < -0.4 is 15.4 Å². The highest BCUT2D eigenvalue weighted by atomic mass is 19.1. The van der Waals surface area contributed by atoms with Gasteiger partial charge in [-0.3, -0.25) is 5.41 Å². The molecular formula is C14H21FN4O. The minimum Gasteiger partial charge on any atom is -0.491 e. The molecule has 0 saturated carbocycles. The van der Waals surface area contributed by atoms with E-state index in [9.17, 15) is 4.39 Å². The molecule has 5 nitrogen and oxygen atoms in total. The van der Waals surface area contributed by atoms with Crippen LogP contribution in [0.4, 0.5) is 10.1 Å². The van der Waals surface area contributed by atoms with Gasteiger partial charge in [-0.1, -0.05) is 0 Å². The summed E-state index contributed by atoms with van der Waals surface area (Å²) >= 11 is 0. The maximum absolute atomic E-state index is 12.1. The molecule has 1 aliphatic heterocycles. The molecule has 0 aromatic heterocycles. The second-order valence-electron chi connectivity index (χ2n) is 4.85. The van der Waals surface area contributed by atoms with Gasteiger partial charge in [0.25, 0.3) is 0 Å². The Bertz CT molecular complexity index is 472. The minimum atomic E-state index is -0.478. The molecule has 1 aromatic rings. The Balaban J connectivity index is 2.00. The topological polar surface area (TPSA) is 65.6 Å². The molecule has 3 N–H and O–H groups in total. The molecule has 0 atom stereocenters. The molecule has 1 aliphatic rings. The number of alkyl halides is 1. The van der Waals surface area contributed by atoms with Crippen LogP contribution in [-0.2, 0) is 0 Å². The van der Waals surface area contributed by atoms with Crippen molar-refractivity contribution >= 4 is 11.6 Å². The van der Waals surface area contributed by atoms with Crippen LogP contribution in [0.25, 0.3) is 0 Å². The summed E-state index contributed by atoms with van der Waals surface area (Å²) in [5, 5.41) is 7.42. The third kappa shape index (κ3) is 3.31. The highest BCUT2D eigenvalue weighted by Gasteiger charge is 2.18. The third-order valence-electron chi connectivity index (χ3n) is 3.48. The molecule has 110 valence electrons. The van der Waals surface area contributed by atoms with Crippen LogP contribution in [0.1, 0.15) is 5.56 Å². The van der Waals surface area contributed by atoms with Gasteiger partial charge in [0.05, 0.1) is 0 Å². The highest BCUT2D eigenvalue weighted by Crippen LogP contribution is 2.25. The van der Waals surface area contributed by atoms with Crippen molar-refractivity contribution < 1.29 is 9.13 Å². The van der Waals surface area contributed by atoms with E-state index in [1.807, 2.05) is 24.0 Å². The maximum Gasteiger partial charge on any atom is 0.188 e. The third-order valence-corrected chi connectivity index (χ3v) is 3.48. The number of rotatable bonds is 4. The zero-order valence-electron chi connectivity index (χ0n) is 11.7. The van der Waals surface area contributed by atoms with E-state index in [4.69, 9.17) is 15.9 Å². The Morgan fingerprint density at radius 2 is 2.05 bits per heavy atom. The quantitative estimate of drug-likeness (QED) is 0.645. The van der Waals surface area contributed by atoms with E-state index in [1.165, 1.54) is 0 Å². The molecule has 0 radical (unpaired) electrons. The van der Waals surface area contributed by atoms with Gasteiger partial charge in [0, 0.05) is 31.9 Å². The van der Waals surface area contributed by atoms with Crippen LogP contribution in [0.3, 0.4) is 0 Å². The van der Waals surface area contributed by atoms with Crippen LogP contribution in [0.5, 0.6) is 5.75 Å². The predicted molar refractivity (Wildman–Crippen MR) is 78.3 cm³/mol. The first-order valence-corrected chi connectivity index (χ1v) is 6.75. The van der Waals surface area contributed by atoms with Crippen molar-refractivity contribution in [3.63, 3.8) is 0 Å². The van der Waals surface area contributed by atoms with Gasteiger partial charge < -0.3 is 20.3 Å². The van der Waals surface area contributed by atoms with Crippen LogP contribution in [-0.4, -0.2) is 50.3 Å². The van der Waals surface area contributed by atoms with E-state index in [2.05, 4.69) is 11.0 Å². The average Bonchev–Trinajstić information content (AvgIpc) is 2.46. The molecule has 0 unspecified atom stereocenters. The van der Waals surface area contributed by atoms with Crippen molar-refractivity contribution in [3.8, 4) is 5.75 Å². The van der Waals surface area contributed by atoms with E-state index in [0.29, 0.717) is 0 Å². The molecule has 0 aliphatic carbocycles. The monoisotopic (exact) mass is 280 g/mol. The SMILES string of the molecule is Cc1cc(N2CCN(C(=N)N)CC2)ccc1OCCF. The van der Waals surface area contributed by atoms with Gasteiger partial charge in [-0.25, -0.2) is 4.39 Å². The standard InChI is InChI=1S/C14H21FN4O/c1-11-10-12(2-3-13(11)20-9-4-15)18-5-7-19(8-6-18)14(16)17/h2-3,10H,4-9H2,1H3,(H3,16,17). The molecule has 0 spiro atoms. The fourth-order valence-corrected chi connectivity index (χ4v) is 2.35. The molecule has 0 bridgehead atoms. The molecule has 1 fully saturated rings. The van der Waals surface area contributed by atoms with Gasteiger partial charge in [0.15, 0.2) is 5.96 Å². The lowest BCUT2D eigenvalue weighted by atomic mass is 10.1. The van der Waals surface area contributed by atoms with Crippen molar-refractivity contribution in [1.82, 2.24) is 4.90 Å². The van der Waals surface area contributed by atoms with Crippen LogP contribution in [0.15, 0.2) is 18.2 Å². The van der Waals surface area contributed by atoms with Crippen LogP contribution in [0, 0.1) is 12.3 Å². The van der Waals surface area contributed by atoms with Gasteiger partial charge in [-0.15, -0.1) is 0 Å². The number of nitrogens with one attached hydrogen (secondary N) is 1. The number of halogens is 1. The molecule has 1 saturated heterocycles. The normalized spacial score (nSPS) is 15.3. The van der Waals surface area contributed by atoms with E-state index in [0.717, 1.165) is 43.2 Å². The molecule has 1 aromatic carbocycles. The summed E-state index contributed by atoms with van der Waals surface area (Å²) in [6, 6.07) is 5.93. The summed E-state index contributed by atoms with van der Waals surface area (Å²) in [7, 11) is 0. The van der Waals surface area contributed by atoms with Crippen molar-refractivity contribution in [1.29, 1.82) is 5.41 Å². The number of ether oxygens (including phenoxy) is 1. The summed E-state index contributed by atoms with van der Waals surface area (Å²) in [4.78, 5) is 4.12. The number of benzene rings is 1. The zero-order valence-corrected chi connectivity index (χ0v) is 11.7. The van der Waals surface area contributed by atoms with Gasteiger partial charge in [-0.05, 0) is 30.7 Å². The van der Waals surface area contributed by atoms with Crippen molar-refractivity contribution in [3.05, 3.63) is 23.8 Å². The summed E-state index contributed by atoms with van der Waals surface area (Å²) in [6.07, 6.45) is 0. The summed E-state index contributed by atoms with van der Waals surface area (Å²) < 4.78 is 17.4. The summed E-state index contributed by atoms with van der Waals surface area (Å²) in [5.74, 6) is 0.865. The Kier molecular flexibility index (Phi) is 4.65. The lowest BCUT2D eigenvalue weighted by Gasteiger charge is -2.36. The Hall–Kier alpha value is -1.98. The molecule has 2 rings (SSSR count). The number of nitrogens with two attached hydrogens (primary N) is 1. The fourth-order valence-electron chi connectivity index (χ4n) is 2.35. The Morgan fingerprint density at radius 1 is 1.35 bits per heavy atom. The first kappa shape index (κ1) is 14.4. The second kappa shape index (κ2) is 6.45. The lowest BCUT2D eigenvalue weighted by molar-refractivity contribution is 0.272. The minimum absolute atomic E-state index is 0.0947. The lowest BCUT2D eigenvalue weighted by Crippen LogP contribution is -2.50. The average molecular weight is 280 g/mol. The summed E-state index contributed by atoms with van der Waals surface area (Å²) in [6.45, 7) is 4.77. The zero-order chi connectivity index (χ0) is 14.5. The van der Waals surface area contributed by atoms with Crippen molar-refractivity contribution in [2.45, 2.75) is 6.92 Å². The predicted octanol–water partition coefficient (Wildman–Crippen LogP) is 1.36. The van der Waals surface area contributed by atoms with Gasteiger partial charge in [0.1, 0.15) is 19.0 Å². The molecular weight excluding hydrogens is 259 g/mol. The van der Waals surface area contributed by atoms with Crippen molar-refractivity contribution in [2.75, 3.05) is 44.4 Å². The highest BCUT2D eigenvalue weighted by molar-refractivity contribution is 5.75. The largest absolute Gasteiger partial charge is 0.491 e. The van der Waals surface area contributed by atoms with Gasteiger partial charge in [0.2, 0.25) is 0 Å². The maximum atomic E-state index is 12.1. The molecule has 0 amide bonds. The van der Waals surface area contributed by atoms with E-state index < -0.39 is 6.67 Å². The van der Waals surface area contributed by atoms with Crippen LogP contribution >= 0.6 is 0 Å². The number of anilines is 1. The number of hydrogen-bond donors (Lipinski definition) is 2. The van der Waals surface area contributed by atoms with Crippen LogP contribution in [0.2, 0.25) is 0 Å². The van der Waals surface area contributed by atoms with Gasteiger partial charge >= 0.3 is 0 Å². The molecule has 1 heterocycles. The van der Waals surface area contributed by atoms with E-state index >= 15 is 0 Å². The smallest absolute Gasteiger partial charge is 0.188 e. The first-order valence-electron chi connectivity index (χ1n) is 6.75. The van der Waals surface area contributed by atoms with E-state index in [-0.39, 0.29) is 12.6 Å². The Morgan fingerprint density at radius 3 is 2.60 bits per heavy atom. The number of aryl methyl sites for hydroxylation is 1. The number of piperazine rings is 1. The fraction of sp³-hybridized carbons (Fsp3) is 0.500. The second-order valence-corrected chi connectivity index (χ2v) is 4.85. The number of hydrogen-bond acceptors (Lipinski definition) is 3. The van der Waals surface area contributed by atoms with Gasteiger partial charge in [-0.2, -0.15) is 0 Å². The van der Waals surface area contributed by atoms with Crippen molar-refractivity contribution in [2.24, 2.45) is 5.73 Å². The molecule has 6 heteroatoms. The first-order chi connectivity index (χ1) is 9.61. The number of nitrogens with zero attached hydrogens (tertiary/aromatic N) is 2. The summed E-state index contributed by atoms with van der Waals surface area (Å²) in [5.41, 5.74) is 7.61.